The van der Waals surface area contributed by atoms with E-state index in [1.165, 1.54) is 11.3 Å². The minimum Gasteiger partial charge on any atom is -0.462 e. The molecule has 0 saturated carbocycles. The van der Waals surface area contributed by atoms with Gasteiger partial charge in [-0.25, -0.2) is 4.98 Å². The van der Waals surface area contributed by atoms with Crippen molar-refractivity contribution in [2.45, 2.75) is 12.8 Å². The van der Waals surface area contributed by atoms with Gasteiger partial charge in [0.2, 0.25) is 0 Å². The maximum Gasteiger partial charge on any atom is 0.189 e. The number of rotatable bonds is 2. The standard InChI is InChI=1S/C18H13NO2S/c20-17-13(8-7-12-4-1-2-5-15(12)17)10-14-11-22-18(19-14)16-6-3-9-21-16/h1-6,9-11H,7-8H2. The van der Waals surface area contributed by atoms with Gasteiger partial charge in [0.1, 0.15) is 0 Å². The van der Waals surface area contributed by atoms with Crippen LogP contribution in [0.4, 0.5) is 0 Å². The van der Waals surface area contributed by atoms with Gasteiger partial charge in [0.15, 0.2) is 16.6 Å². The summed E-state index contributed by atoms with van der Waals surface area (Å²) >= 11 is 1.52. The second kappa shape index (κ2) is 5.39. The van der Waals surface area contributed by atoms with Crippen LogP contribution in [0.25, 0.3) is 16.8 Å². The third-order valence-electron chi connectivity index (χ3n) is 3.79. The Labute approximate surface area is 131 Å². The second-order valence-electron chi connectivity index (χ2n) is 5.21. The highest BCUT2D eigenvalue weighted by Crippen LogP contribution is 2.29. The lowest BCUT2D eigenvalue weighted by Gasteiger charge is -2.16. The fourth-order valence-electron chi connectivity index (χ4n) is 2.70. The molecule has 4 heteroatoms. The van der Waals surface area contributed by atoms with Crippen molar-refractivity contribution in [1.82, 2.24) is 4.98 Å². The molecule has 22 heavy (non-hydrogen) atoms. The average molecular weight is 307 g/mol. The summed E-state index contributed by atoms with van der Waals surface area (Å²) in [5, 5.41) is 2.79. The quantitative estimate of drug-likeness (QED) is 0.649. The number of nitrogens with zero attached hydrogens (tertiary/aromatic N) is 1. The number of furan rings is 1. The Hall–Kier alpha value is -2.46. The van der Waals surface area contributed by atoms with Gasteiger partial charge in [-0.2, -0.15) is 0 Å². The van der Waals surface area contributed by atoms with E-state index in [2.05, 4.69) is 4.98 Å². The summed E-state index contributed by atoms with van der Waals surface area (Å²) in [5.74, 6) is 0.879. The van der Waals surface area contributed by atoms with Crippen LogP contribution in [0.15, 0.2) is 58.0 Å². The number of carbonyl (C=O) groups is 1. The number of allylic oxidation sites excluding steroid dienone is 1. The van der Waals surface area contributed by atoms with E-state index in [0.717, 1.165) is 46.0 Å². The molecule has 0 bridgehead atoms. The van der Waals surface area contributed by atoms with E-state index in [1.807, 2.05) is 47.9 Å². The van der Waals surface area contributed by atoms with Gasteiger partial charge < -0.3 is 4.42 Å². The normalized spacial score (nSPS) is 16.0. The Bertz CT molecular complexity index is 859. The Morgan fingerprint density at radius 2 is 2.05 bits per heavy atom. The molecule has 0 unspecified atom stereocenters. The molecule has 0 fully saturated rings. The van der Waals surface area contributed by atoms with E-state index in [1.54, 1.807) is 6.26 Å². The molecule has 3 aromatic rings. The molecule has 0 radical (unpaired) electrons. The van der Waals surface area contributed by atoms with Gasteiger partial charge in [-0.3, -0.25) is 4.79 Å². The van der Waals surface area contributed by atoms with Crippen molar-refractivity contribution in [3.05, 3.63) is 70.4 Å². The van der Waals surface area contributed by atoms with Crippen LogP contribution in [0.2, 0.25) is 0 Å². The van der Waals surface area contributed by atoms with Crippen LogP contribution >= 0.6 is 11.3 Å². The van der Waals surface area contributed by atoms with Crippen LogP contribution in [0.1, 0.15) is 28.0 Å². The van der Waals surface area contributed by atoms with Gasteiger partial charge >= 0.3 is 0 Å². The summed E-state index contributed by atoms with van der Waals surface area (Å²) in [6.45, 7) is 0. The number of carbonyl (C=O) groups excluding carboxylic acids is 1. The van der Waals surface area contributed by atoms with Gasteiger partial charge in [0.05, 0.1) is 12.0 Å². The van der Waals surface area contributed by atoms with Gasteiger partial charge in [0.25, 0.3) is 0 Å². The molecule has 1 aromatic carbocycles. The first-order valence-corrected chi connectivity index (χ1v) is 8.02. The summed E-state index contributed by atoms with van der Waals surface area (Å²) in [5.41, 5.74) is 3.61. The zero-order valence-electron chi connectivity index (χ0n) is 11.8. The first-order chi connectivity index (χ1) is 10.8. The maximum atomic E-state index is 12.5. The highest BCUT2D eigenvalue weighted by Gasteiger charge is 2.21. The van der Waals surface area contributed by atoms with Crippen LogP contribution in [-0.2, 0) is 6.42 Å². The molecule has 3 nitrogen and oxygen atoms in total. The third-order valence-corrected chi connectivity index (χ3v) is 4.67. The zero-order chi connectivity index (χ0) is 14.9. The molecule has 4 rings (SSSR count). The van der Waals surface area contributed by atoms with Gasteiger partial charge in [0, 0.05) is 16.5 Å². The average Bonchev–Trinajstić information content (AvgIpc) is 3.21. The van der Waals surface area contributed by atoms with Crippen LogP contribution in [0.5, 0.6) is 0 Å². The lowest BCUT2D eigenvalue weighted by atomic mass is 9.86. The minimum absolute atomic E-state index is 0.120. The monoisotopic (exact) mass is 307 g/mol. The van der Waals surface area contributed by atoms with E-state index in [0.29, 0.717) is 0 Å². The van der Waals surface area contributed by atoms with Crippen LogP contribution in [-0.4, -0.2) is 10.8 Å². The predicted octanol–water partition coefficient (Wildman–Crippen LogP) is 4.62. The minimum atomic E-state index is 0.120. The molecule has 2 aromatic heterocycles. The molecule has 0 saturated heterocycles. The molecule has 1 aliphatic carbocycles. The smallest absolute Gasteiger partial charge is 0.189 e. The van der Waals surface area contributed by atoms with Crippen molar-refractivity contribution in [3.8, 4) is 10.8 Å². The van der Waals surface area contributed by atoms with Crippen molar-refractivity contribution in [2.24, 2.45) is 0 Å². The van der Waals surface area contributed by atoms with Gasteiger partial charge in [-0.1, -0.05) is 24.3 Å². The highest BCUT2D eigenvalue weighted by molar-refractivity contribution is 7.13. The SMILES string of the molecule is O=C1C(=Cc2csc(-c3ccco3)n2)CCc2ccccc21. The van der Waals surface area contributed by atoms with Crippen LogP contribution in [0.3, 0.4) is 0 Å². The first kappa shape index (κ1) is 13.2. The molecular formula is C18H13NO2S. The van der Waals surface area contributed by atoms with Gasteiger partial charge in [-0.15, -0.1) is 11.3 Å². The molecule has 0 spiro atoms. The number of Topliss-reactive ketones (excluding diaryl/α,β-unsaturated/α-hetero) is 1. The van der Waals surface area contributed by atoms with Crippen LogP contribution < -0.4 is 0 Å². The number of thiazole rings is 1. The molecule has 0 aliphatic heterocycles. The van der Waals surface area contributed by atoms with Crippen molar-refractivity contribution < 1.29 is 9.21 Å². The molecular weight excluding hydrogens is 294 g/mol. The summed E-state index contributed by atoms with van der Waals surface area (Å²) in [7, 11) is 0. The number of fused-ring (bicyclic) bond motifs is 1. The van der Waals surface area contributed by atoms with E-state index in [9.17, 15) is 4.79 Å². The lowest BCUT2D eigenvalue weighted by Crippen LogP contribution is -2.13. The van der Waals surface area contributed by atoms with Gasteiger partial charge in [-0.05, 0) is 36.6 Å². The third kappa shape index (κ3) is 2.31. The van der Waals surface area contributed by atoms with E-state index in [4.69, 9.17) is 4.42 Å². The van der Waals surface area contributed by atoms with E-state index < -0.39 is 0 Å². The number of benzene rings is 1. The Morgan fingerprint density at radius 3 is 2.91 bits per heavy atom. The molecule has 108 valence electrons. The summed E-state index contributed by atoms with van der Waals surface area (Å²) in [6.07, 6.45) is 5.21. The topological polar surface area (TPSA) is 43.1 Å². The van der Waals surface area contributed by atoms with Crippen molar-refractivity contribution >= 4 is 23.2 Å². The number of aryl methyl sites for hydroxylation is 1. The fourth-order valence-corrected chi connectivity index (χ4v) is 3.44. The Balaban J connectivity index is 1.65. The molecule has 0 amide bonds. The lowest BCUT2D eigenvalue weighted by molar-refractivity contribution is 0.102. The molecule has 1 aliphatic rings. The molecule has 0 atom stereocenters. The fraction of sp³-hybridized carbons (Fsp3) is 0.111. The number of aromatic nitrogens is 1. The Kier molecular flexibility index (Phi) is 3.24. The zero-order valence-corrected chi connectivity index (χ0v) is 12.6. The van der Waals surface area contributed by atoms with Crippen molar-refractivity contribution in [2.75, 3.05) is 0 Å². The molecule has 0 N–H and O–H groups in total. The van der Waals surface area contributed by atoms with E-state index >= 15 is 0 Å². The maximum absolute atomic E-state index is 12.5. The highest BCUT2D eigenvalue weighted by atomic mass is 32.1. The second-order valence-corrected chi connectivity index (χ2v) is 6.07. The Morgan fingerprint density at radius 1 is 1.14 bits per heavy atom. The largest absolute Gasteiger partial charge is 0.462 e. The summed E-state index contributed by atoms with van der Waals surface area (Å²) in [4.78, 5) is 17.1. The van der Waals surface area contributed by atoms with Crippen molar-refractivity contribution in [1.29, 1.82) is 0 Å². The summed E-state index contributed by atoms with van der Waals surface area (Å²) < 4.78 is 5.35. The van der Waals surface area contributed by atoms with Crippen LogP contribution in [0, 0.1) is 0 Å². The molecule has 2 heterocycles. The number of hydrogen-bond acceptors (Lipinski definition) is 4. The van der Waals surface area contributed by atoms with Crippen molar-refractivity contribution in [3.63, 3.8) is 0 Å². The number of hydrogen-bond donors (Lipinski definition) is 0. The summed E-state index contributed by atoms with van der Waals surface area (Å²) in [6, 6.07) is 11.6. The first-order valence-electron chi connectivity index (χ1n) is 7.14. The van der Waals surface area contributed by atoms with E-state index in [-0.39, 0.29) is 5.78 Å². The number of ketones is 1. The predicted molar refractivity (Wildman–Crippen MR) is 86.9 cm³/mol.